The van der Waals surface area contributed by atoms with E-state index in [4.69, 9.17) is 11.6 Å². The predicted octanol–water partition coefficient (Wildman–Crippen LogP) is 5.62. The quantitative estimate of drug-likeness (QED) is 0.612. The van der Waals surface area contributed by atoms with E-state index in [1.807, 2.05) is 43.3 Å². The van der Waals surface area contributed by atoms with E-state index in [9.17, 15) is 4.79 Å². The molecule has 0 unspecified atom stereocenters. The van der Waals surface area contributed by atoms with Gasteiger partial charge in [-0.3, -0.25) is 10.1 Å². The number of fused-ring (bicyclic) bond motifs is 1. The van der Waals surface area contributed by atoms with E-state index in [0.29, 0.717) is 15.7 Å². The molecule has 118 valence electrons. The lowest BCUT2D eigenvalue weighted by Gasteiger charge is -2.03. The number of nitrogens with one attached hydrogen (secondary N) is 1. The van der Waals surface area contributed by atoms with Gasteiger partial charge >= 0.3 is 0 Å². The largest absolute Gasteiger partial charge is 0.298 e. The van der Waals surface area contributed by atoms with Crippen molar-refractivity contribution in [1.82, 2.24) is 4.98 Å². The summed E-state index contributed by atoms with van der Waals surface area (Å²) in [6.45, 7) is 4.03. The van der Waals surface area contributed by atoms with E-state index >= 15 is 0 Å². The lowest BCUT2D eigenvalue weighted by Crippen LogP contribution is -2.11. The minimum atomic E-state index is -0.152. The van der Waals surface area contributed by atoms with E-state index < -0.39 is 0 Å². The van der Waals surface area contributed by atoms with Gasteiger partial charge in [-0.25, -0.2) is 4.98 Å². The first-order valence-electron chi connectivity index (χ1n) is 7.18. The van der Waals surface area contributed by atoms with Crippen molar-refractivity contribution in [3.05, 3.63) is 52.5 Å². The Morgan fingerprint density at radius 3 is 2.70 bits per heavy atom. The molecular weight excluding hydrogens is 348 g/mol. The molecule has 3 rings (SSSR count). The van der Waals surface area contributed by atoms with Crippen molar-refractivity contribution < 1.29 is 4.79 Å². The molecule has 6 heteroatoms. The van der Waals surface area contributed by atoms with Crippen LogP contribution >= 0.6 is 34.7 Å². The van der Waals surface area contributed by atoms with Crippen LogP contribution in [0, 0.1) is 6.92 Å². The second kappa shape index (κ2) is 6.91. The molecule has 0 spiro atoms. The number of aromatic nitrogens is 1. The average molecular weight is 363 g/mol. The Morgan fingerprint density at radius 2 is 2.00 bits per heavy atom. The van der Waals surface area contributed by atoms with E-state index in [-0.39, 0.29) is 5.91 Å². The highest BCUT2D eigenvalue weighted by Gasteiger charge is 2.12. The summed E-state index contributed by atoms with van der Waals surface area (Å²) < 4.78 is 1.01. The number of rotatable bonds is 4. The van der Waals surface area contributed by atoms with Gasteiger partial charge in [0.05, 0.1) is 10.2 Å². The zero-order chi connectivity index (χ0) is 16.4. The van der Waals surface area contributed by atoms with Gasteiger partial charge in [0, 0.05) is 15.5 Å². The zero-order valence-electron chi connectivity index (χ0n) is 12.7. The molecule has 3 aromatic rings. The molecule has 0 saturated carbocycles. The number of benzene rings is 2. The smallest absolute Gasteiger partial charge is 0.257 e. The lowest BCUT2D eigenvalue weighted by atomic mass is 10.2. The predicted molar refractivity (Wildman–Crippen MR) is 100 cm³/mol. The van der Waals surface area contributed by atoms with E-state index in [1.165, 1.54) is 11.3 Å². The molecule has 0 fully saturated rings. The van der Waals surface area contributed by atoms with Crippen molar-refractivity contribution in [1.29, 1.82) is 0 Å². The van der Waals surface area contributed by atoms with Crippen LogP contribution in [0.4, 0.5) is 5.13 Å². The van der Waals surface area contributed by atoms with Crippen LogP contribution in [-0.2, 0) is 0 Å². The Bertz CT molecular complexity index is 859. The topological polar surface area (TPSA) is 42.0 Å². The number of thiazole rings is 1. The van der Waals surface area contributed by atoms with Crippen molar-refractivity contribution >= 4 is 56.0 Å². The molecule has 0 aliphatic heterocycles. The molecular formula is C17H15ClN2OS2. The molecule has 0 saturated heterocycles. The third kappa shape index (κ3) is 3.52. The fourth-order valence-corrected chi connectivity index (χ4v) is 3.93. The Labute approximate surface area is 148 Å². The van der Waals surface area contributed by atoms with Crippen LogP contribution in [-0.4, -0.2) is 16.6 Å². The van der Waals surface area contributed by atoms with Crippen LogP contribution in [0.25, 0.3) is 10.2 Å². The zero-order valence-corrected chi connectivity index (χ0v) is 15.1. The summed E-state index contributed by atoms with van der Waals surface area (Å²) in [5.41, 5.74) is 2.40. The molecule has 0 bridgehead atoms. The highest BCUT2D eigenvalue weighted by Crippen LogP contribution is 2.31. The van der Waals surface area contributed by atoms with Crippen molar-refractivity contribution in [2.24, 2.45) is 0 Å². The van der Waals surface area contributed by atoms with Gasteiger partial charge in [-0.2, -0.15) is 0 Å². The summed E-state index contributed by atoms with van der Waals surface area (Å²) in [6.07, 6.45) is 0. The summed E-state index contributed by atoms with van der Waals surface area (Å²) in [7, 11) is 0. The van der Waals surface area contributed by atoms with Crippen molar-refractivity contribution in [3.63, 3.8) is 0 Å². The van der Waals surface area contributed by atoms with Crippen LogP contribution in [0.15, 0.2) is 41.3 Å². The number of nitrogens with zero attached hydrogens (tertiary/aromatic N) is 1. The maximum Gasteiger partial charge on any atom is 0.257 e. The number of carbonyl (C=O) groups excluding carboxylic acids is 1. The van der Waals surface area contributed by atoms with Gasteiger partial charge in [0.2, 0.25) is 0 Å². The Balaban J connectivity index is 1.81. The number of thioether (sulfide) groups is 1. The summed E-state index contributed by atoms with van der Waals surface area (Å²) >= 11 is 9.31. The fourth-order valence-electron chi connectivity index (χ4n) is 2.19. The van der Waals surface area contributed by atoms with E-state index in [0.717, 1.165) is 26.4 Å². The highest BCUT2D eigenvalue weighted by molar-refractivity contribution is 7.99. The summed E-state index contributed by atoms with van der Waals surface area (Å²) in [4.78, 5) is 18.0. The van der Waals surface area contributed by atoms with Crippen LogP contribution in [0.2, 0.25) is 5.02 Å². The van der Waals surface area contributed by atoms with Crippen LogP contribution in [0.3, 0.4) is 0 Å². The number of carbonyl (C=O) groups is 1. The van der Waals surface area contributed by atoms with Gasteiger partial charge in [0.15, 0.2) is 5.13 Å². The standard InChI is InChI=1S/C17H15ClN2OS2/c1-3-22-12-6-4-11(5-7-12)16(21)20-17-19-15-10(2)13(18)8-9-14(15)23-17/h4-9H,3H2,1-2H3,(H,19,20,21). The molecule has 0 atom stereocenters. The Morgan fingerprint density at radius 1 is 1.26 bits per heavy atom. The van der Waals surface area contributed by atoms with Crippen molar-refractivity contribution in [2.75, 3.05) is 11.1 Å². The molecule has 3 nitrogen and oxygen atoms in total. The summed E-state index contributed by atoms with van der Waals surface area (Å²) in [5, 5.41) is 4.13. The Kier molecular flexibility index (Phi) is 4.90. The third-order valence-corrected chi connectivity index (χ3v) is 5.64. The number of hydrogen-bond acceptors (Lipinski definition) is 4. The van der Waals surface area contributed by atoms with Crippen LogP contribution in [0.5, 0.6) is 0 Å². The van der Waals surface area contributed by atoms with Crippen LogP contribution < -0.4 is 5.32 Å². The second-order valence-corrected chi connectivity index (χ2v) is 7.72. The maximum atomic E-state index is 12.3. The second-order valence-electron chi connectivity index (χ2n) is 4.95. The van der Waals surface area contributed by atoms with Gasteiger partial charge in [0.1, 0.15) is 0 Å². The number of aryl methyl sites for hydroxylation is 1. The number of amides is 1. The van der Waals surface area contributed by atoms with Gasteiger partial charge in [-0.05, 0) is 54.6 Å². The van der Waals surface area contributed by atoms with E-state index in [2.05, 4.69) is 17.2 Å². The SMILES string of the molecule is CCSc1ccc(C(=O)Nc2nc3c(C)c(Cl)ccc3s2)cc1. The molecule has 1 aromatic heterocycles. The molecule has 2 aromatic carbocycles. The molecule has 1 heterocycles. The number of anilines is 1. The Hall–Kier alpha value is -1.56. The molecule has 23 heavy (non-hydrogen) atoms. The molecule has 0 aliphatic carbocycles. The maximum absolute atomic E-state index is 12.3. The van der Waals surface area contributed by atoms with E-state index in [1.54, 1.807) is 11.8 Å². The summed E-state index contributed by atoms with van der Waals surface area (Å²) in [6, 6.07) is 11.4. The third-order valence-electron chi connectivity index (χ3n) is 3.40. The van der Waals surface area contributed by atoms with Crippen molar-refractivity contribution in [2.45, 2.75) is 18.7 Å². The number of halogens is 1. The fraction of sp³-hybridized carbons (Fsp3) is 0.176. The summed E-state index contributed by atoms with van der Waals surface area (Å²) in [5.74, 6) is 0.861. The molecule has 0 aliphatic rings. The normalized spacial score (nSPS) is 10.9. The van der Waals surface area contributed by atoms with Gasteiger partial charge in [-0.15, -0.1) is 11.8 Å². The van der Waals surface area contributed by atoms with Gasteiger partial charge in [0.25, 0.3) is 5.91 Å². The van der Waals surface area contributed by atoms with Gasteiger partial charge < -0.3 is 0 Å². The first-order valence-corrected chi connectivity index (χ1v) is 9.36. The minimum absolute atomic E-state index is 0.152. The first kappa shape index (κ1) is 16.3. The van der Waals surface area contributed by atoms with Gasteiger partial charge in [-0.1, -0.05) is 29.9 Å². The van der Waals surface area contributed by atoms with Crippen molar-refractivity contribution in [3.8, 4) is 0 Å². The average Bonchev–Trinajstić information content (AvgIpc) is 2.95. The highest BCUT2D eigenvalue weighted by atomic mass is 35.5. The first-order chi connectivity index (χ1) is 11.1. The monoisotopic (exact) mass is 362 g/mol. The van der Waals surface area contributed by atoms with Crippen LogP contribution in [0.1, 0.15) is 22.8 Å². The molecule has 1 N–H and O–H groups in total. The molecule has 0 radical (unpaired) electrons. The minimum Gasteiger partial charge on any atom is -0.298 e. The lowest BCUT2D eigenvalue weighted by molar-refractivity contribution is 0.102. The molecule has 1 amide bonds. The number of hydrogen-bond donors (Lipinski definition) is 1.